The predicted octanol–water partition coefficient (Wildman–Crippen LogP) is 4.68. The molecule has 0 spiro atoms. The number of benzene rings is 1. The molecule has 1 saturated heterocycles. The Hall–Kier alpha value is -3.79. The number of hydrogen-bond donors (Lipinski definition) is 2. The standard InChI is InChI=1S/C26H23ClN6O2S/c1-35-16-23(34)30-18-8-10-19(11-9-18)33-25(24(31-26(33)36)20-5-2-3-13-28-20)21-6-4-14-32(21)22-12-7-17(27)15-29-22/h2-15,24-25H,16H2,1H3,(H,30,34)(H,31,36). The van der Waals surface area contributed by atoms with Crippen LogP contribution in [0.4, 0.5) is 11.4 Å². The maximum Gasteiger partial charge on any atom is 0.250 e. The number of hydrogen-bond acceptors (Lipinski definition) is 5. The van der Waals surface area contributed by atoms with E-state index in [0.29, 0.717) is 15.8 Å². The minimum atomic E-state index is -0.228. The van der Waals surface area contributed by atoms with E-state index in [9.17, 15) is 4.79 Å². The number of anilines is 2. The van der Waals surface area contributed by atoms with Crippen LogP contribution in [0.15, 0.2) is 85.3 Å². The molecule has 0 bridgehead atoms. The summed E-state index contributed by atoms with van der Waals surface area (Å²) in [6.45, 7) is -0.00850. The lowest BCUT2D eigenvalue weighted by Crippen LogP contribution is -2.30. The summed E-state index contributed by atoms with van der Waals surface area (Å²) < 4.78 is 6.92. The van der Waals surface area contributed by atoms with Crippen molar-refractivity contribution in [1.29, 1.82) is 0 Å². The Kier molecular flexibility index (Phi) is 6.95. The van der Waals surface area contributed by atoms with E-state index in [0.717, 1.165) is 22.9 Å². The average Bonchev–Trinajstić information content (AvgIpc) is 3.50. The van der Waals surface area contributed by atoms with Crippen LogP contribution in [0.25, 0.3) is 5.82 Å². The molecule has 1 aliphatic heterocycles. The summed E-state index contributed by atoms with van der Waals surface area (Å²) in [5, 5.41) is 7.42. The SMILES string of the molecule is COCC(=O)Nc1ccc(N2C(=S)NC(c3ccccn3)C2c2cccn2-c2ccc(Cl)cn2)cc1. The number of carbonyl (C=O) groups excluding carboxylic acids is 1. The minimum Gasteiger partial charge on any atom is -0.375 e. The van der Waals surface area contributed by atoms with Crippen LogP contribution in [-0.2, 0) is 9.53 Å². The van der Waals surface area contributed by atoms with Crippen molar-refractivity contribution in [2.45, 2.75) is 12.1 Å². The van der Waals surface area contributed by atoms with Gasteiger partial charge in [-0.05, 0) is 72.9 Å². The maximum absolute atomic E-state index is 11.9. The number of nitrogens with zero attached hydrogens (tertiary/aromatic N) is 4. The molecule has 0 radical (unpaired) electrons. The molecule has 4 heterocycles. The predicted molar refractivity (Wildman–Crippen MR) is 143 cm³/mol. The highest BCUT2D eigenvalue weighted by Gasteiger charge is 2.42. The molecule has 3 aromatic heterocycles. The summed E-state index contributed by atoms with van der Waals surface area (Å²) in [5.41, 5.74) is 3.39. The van der Waals surface area contributed by atoms with Gasteiger partial charge in [0.15, 0.2) is 5.11 Å². The quantitative estimate of drug-likeness (QED) is 0.343. The van der Waals surface area contributed by atoms with Gasteiger partial charge in [0.2, 0.25) is 5.91 Å². The van der Waals surface area contributed by atoms with E-state index in [2.05, 4.69) is 31.6 Å². The van der Waals surface area contributed by atoms with Gasteiger partial charge in [0.05, 0.1) is 16.8 Å². The smallest absolute Gasteiger partial charge is 0.250 e. The van der Waals surface area contributed by atoms with Gasteiger partial charge in [0.1, 0.15) is 18.5 Å². The molecule has 1 aromatic carbocycles. The van der Waals surface area contributed by atoms with E-state index < -0.39 is 0 Å². The molecule has 1 fully saturated rings. The van der Waals surface area contributed by atoms with Gasteiger partial charge < -0.3 is 24.8 Å². The molecule has 2 unspecified atom stereocenters. The Morgan fingerprint density at radius 1 is 1.11 bits per heavy atom. The van der Waals surface area contributed by atoms with Crippen molar-refractivity contribution in [3.05, 3.63) is 102 Å². The van der Waals surface area contributed by atoms with Crippen LogP contribution in [0.1, 0.15) is 23.5 Å². The zero-order valence-corrected chi connectivity index (χ0v) is 20.9. The van der Waals surface area contributed by atoms with Crippen molar-refractivity contribution in [3.63, 3.8) is 0 Å². The normalized spacial score (nSPS) is 17.2. The molecule has 2 N–H and O–H groups in total. The van der Waals surface area contributed by atoms with Crippen LogP contribution in [-0.4, -0.2) is 39.3 Å². The third kappa shape index (κ3) is 4.81. The number of thiocarbonyl (C=S) groups is 1. The average molecular weight is 519 g/mol. The second-order valence-corrected chi connectivity index (χ2v) is 8.99. The van der Waals surface area contributed by atoms with E-state index in [-0.39, 0.29) is 24.6 Å². The third-order valence-electron chi connectivity index (χ3n) is 5.84. The number of aromatic nitrogens is 3. The van der Waals surface area contributed by atoms with Crippen molar-refractivity contribution in [2.24, 2.45) is 0 Å². The van der Waals surface area contributed by atoms with E-state index in [1.165, 1.54) is 7.11 Å². The molecule has 0 saturated carbocycles. The highest BCUT2D eigenvalue weighted by atomic mass is 35.5. The first-order chi connectivity index (χ1) is 17.5. The van der Waals surface area contributed by atoms with Crippen molar-refractivity contribution >= 4 is 46.2 Å². The number of carbonyl (C=O) groups is 1. The van der Waals surface area contributed by atoms with Crippen molar-refractivity contribution in [3.8, 4) is 5.82 Å². The first-order valence-electron chi connectivity index (χ1n) is 11.2. The lowest BCUT2D eigenvalue weighted by molar-refractivity contribution is -0.119. The van der Waals surface area contributed by atoms with E-state index in [1.807, 2.05) is 71.4 Å². The number of rotatable bonds is 7. The lowest BCUT2D eigenvalue weighted by Gasteiger charge is -2.29. The van der Waals surface area contributed by atoms with Gasteiger partial charge in [0, 0.05) is 42.8 Å². The fourth-order valence-corrected chi connectivity index (χ4v) is 4.78. The number of pyridine rings is 2. The van der Waals surface area contributed by atoms with Gasteiger partial charge in [-0.3, -0.25) is 9.78 Å². The monoisotopic (exact) mass is 518 g/mol. The summed E-state index contributed by atoms with van der Waals surface area (Å²) in [6, 6.07) is 20.7. The van der Waals surface area contributed by atoms with Crippen LogP contribution in [0.5, 0.6) is 0 Å². The second-order valence-electron chi connectivity index (χ2n) is 8.16. The molecule has 1 amide bonds. The van der Waals surface area contributed by atoms with Crippen LogP contribution in [0.2, 0.25) is 5.02 Å². The summed E-state index contributed by atoms with van der Waals surface area (Å²) >= 11 is 11.9. The van der Waals surface area contributed by atoms with E-state index in [4.69, 9.17) is 28.6 Å². The number of ether oxygens (including phenoxy) is 1. The third-order valence-corrected chi connectivity index (χ3v) is 6.38. The van der Waals surface area contributed by atoms with E-state index in [1.54, 1.807) is 12.4 Å². The fourth-order valence-electron chi connectivity index (χ4n) is 4.32. The number of amides is 1. The molecule has 8 nitrogen and oxygen atoms in total. The zero-order valence-electron chi connectivity index (χ0n) is 19.3. The molecular weight excluding hydrogens is 496 g/mol. The van der Waals surface area contributed by atoms with Gasteiger partial charge in [-0.1, -0.05) is 17.7 Å². The Morgan fingerprint density at radius 2 is 1.94 bits per heavy atom. The molecule has 0 aliphatic carbocycles. The molecule has 182 valence electrons. The van der Waals surface area contributed by atoms with Crippen molar-refractivity contribution in [1.82, 2.24) is 19.9 Å². The van der Waals surface area contributed by atoms with Crippen LogP contribution < -0.4 is 15.5 Å². The molecule has 36 heavy (non-hydrogen) atoms. The summed E-state index contributed by atoms with van der Waals surface area (Å²) in [7, 11) is 1.48. The summed E-state index contributed by atoms with van der Waals surface area (Å²) in [5.74, 6) is 0.526. The Labute approximate surface area is 218 Å². The van der Waals surface area contributed by atoms with Crippen LogP contribution in [0.3, 0.4) is 0 Å². The minimum absolute atomic E-state index is 0.00850. The fraction of sp³-hybridized carbons (Fsp3) is 0.154. The molecule has 1 aliphatic rings. The van der Waals surface area contributed by atoms with Crippen LogP contribution >= 0.6 is 23.8 Å². The van der Waals surface area contributed by atoms with Gasteiger partial charge in [-0.25, -0.2) is 4.98 Å². The number of halogens is 1. The van der Waals surface area contributed by atoms with Crippen molar-refractivity contribution in [2.75, 3.05) is 23.9 Å². The highest BCUT2D eigenvalue weighted by molar-refractivity contribution is 7.80. The topological polar surface area (TPSA) is 84.3 Å². The maximum atomic E-state index is 11.9. The lowest BCUT2D eigenvalue weighted by atomic mass is 10.0. The first-order valence-corrected chi connectivity index (χ1v) is 12.0. The number of nitrogens with one attached hydrogen (secondary N) is 2. The first kappa shape index (κ1) is 23.9. The highest BCUT2D eigenvalue weighted by Crippen LogP contribution is 2.42. The molecule has 4 aromatic rings. The van der Waals surface area contributed by atoms with Gasteiger partial charge in [-0.15, -0.1) is 0 Å². The summed E-state index contributed by atoms with van der Waals surface area (Å²) in [4.78, 5) is 23.1. The Balaban J connectivity index is 1.55. The molecular formula is C26H23ClN6O2S. The molecule has 10 heteroatoms. The molecule has 5 rings (SSSR count). The Morgan fingerprint density at radius 3 is 2.64 bits per heavy atom. The van der Waals surface area contributed by atoms with Crippen LogP contribution in [0, 0.1) is 0 Å². The van der Waals surface area contributed by atoms with Gasteiger partial charge >= 0.3 is 0 Å². The van der Waals surface area contributed by atoms with Gasteiger partial charge in [0.25, 0.3) is 0 Å². The summed E-state index contributed by atoms with van der Waals surface area (Å²) in [6.07, 6.45) is 5.37. The Bertz CT molecular complexity index is 1360. The van der Waals surface area contributed by atoms with Crippen molar-refractivity contribution < 1.29 is 9.53 Å². The molecule has 2 atom stereocenters. The zero-order chi connectivity index (χ0) is 25.1. The second kappa shape index (κ2) is 10.4. The largest absolute Gasteiger partial charge is 0.375 e. The number of methoxy groups -OCH3 is 1. The van der Waals surface area contributed by atoms with Gasteiger partial charge in [-0.2, -0.15) is 0 Å². The van der Waals surface area contributed by atoms with E-state index >= 15 is 0 Å².